The first-order chi connectivity index (χ1) is 30.0. The van der Waals surface area contributed by atoms with Crippen LogP contribution in [0.25, 0.3) is 82.4 Å². The molecule has 1 aliphatic carbocycles. The molecule has 10 aromatic carbocycles. The first kappa shape index (κ1) is 35.3. The third kappa shape index (κ3) is 5.42. The maximum Gasteiger partial charge on any atom is 0.0546 e. The Morgan fingerprint density at radius 3 is 1.75 bits per heavy atom. The van der Waals surface area contributed by atoms with E-state index in [2.05, 4.69) is 242 Å². The summed E-state index contributed by atoms with van der Waals surface area (Å²) in [6.07, 6.45) is 0. The normalized spacial score (nSPS) is 12.9. The van der Waals surface area contributed by atoms with E-state index in [0.29, 0.717) is 0 Å². The molecule has 0 bridgehead atoms. The van der Waals surface area contributed by atoms with E-state index in [4.69, 9.17) is 0 Å². The molecule has 12 rings (SSSR count). The average Bonchev–Trinajstić information content (AvgIpc) is 3.77. The molecule has 1 aromatic heterocycles. The Balaban J connectivity index is 1.18. The molecule has 1 aliphatic rings. The Hall–Kier alpha value is -7.68. The van der Waals surface area contributed by atoms with Gasteiger partial charge in [-0.2, -0.15) is 0 Å². The third-order valence-corrected chi connectivity index (χ3v) is 13.2. The zero-order valence-electron chi connectivity index (χ0n) is 34.2. The minimum Gasteiger partial charge on any atom is -0.310 e. The summed E-state index contributed by atoms with van der Waals surface area (Å²) >= 11 is 0. The molecule has 11 aromatic rings. The second-order valence-electron chi connectivity index (χ2n) is 16.9. The van der Waals surface area contributed by atoms with E-state index in [9.17, 15) is 0 Å². The van der Waals surface area contributed by atoms with Crippen LogP contribution in [0.5, 0.6) is 0 Å². The smallest absolute Gasteiger partial charge is 0.0546 e. The highest BCUT2D eigenvalue weighted by molar-refractivity contribution is 6.17. The van der Waals surface area contributed by atoms with Gasteiger partial charge in [-0.1, -0.05) is 178 Å². The molecule has 0 aliphatic heterocycles. The summed E-state index contributed by atoms with van der Waals surface area (Å²) in [4.78, 5) is 2.52. The number of aromatic nitrogens is 1. The maximum atomic E-state index is 2.52. The Labute approximate surface area is 356 Å². The van der Waals surface area contributed by atoms with Gasteiger partial charge in [0.25, 0.3) is 0 Å². The van der Waals surface area contributed by atoms with Gasteiger partial charge in [-0.25, -0.2) is 0 Å². The van der Waals surface area contributed by atoms with E-state index < -0.39 is 0 Å². The molecule has 0 radical (unpaired) electrons. The number of nitrogens with zero attached hydrogens (tertiary/aromatic N) is 2. The zero-order valence-corrected chi connectivity index (χ0v) is 34.2. The summed E-state index contributed by atoms with van der Waals surface area (Å²) in [5.74, 6) is 0. The molecular weight excluding hydrogens is 737 g/mol. The highest BCUT2D eigenvalue weighted by atomic mass is 15.1. The van der Waals surface area contributed by atoms with Gasteiger partial charge >= 0.3 is 0 Å². The van der Waals surface area contributed by atoms with Crippen LogP contribution in [0, 0.1) is 0 Å². The first-order valence-corrected chi connectivity index (χ1v) is 21.3. The summed E-state index contributed by atoms with van der Waals surface area (Å²) in [6.45, 7) is 4.74. The van der Waals surface area contributed by atoms with Crippen LogP contribution in [0.4, 0.5) is 17.1 Å². The molecule has 0 atom stereocenters. The summed E-state index contributed by atoms with van der Waals surface area (Å²) in [7, 11) is 0. The summed E-state index contributed by atoms with van der Waals surface area (Å²) in [6, 6.07) is 80.6. The van der Waals surface area contributed by atoms with Crippen molar-refractivity contribution in [2.24, 2.45) is 0 Å². The number of rotatable bonds is 6. The molecule has 0 saturated carbocycles. The molecule has 0 amide bonds. The van der Waals surface area contributed by atoms with Crippen LogP contribution in [0.3, 0.4) is 0 Å². The Morgan fingerprint density at radius 2 is 0.967 bits per heavy atom. The number of para-hydroxylation sites is 2. The van der Waals surface area contributed by atoms with Crippen LogP contribution >= 0.6 is 0 Å². The lowest BCUT2D eigenvalue weighted by atomic mass is 9.82. The zero-order chi connectivity index (χ0) is 40.7. The van der Waals surface area contributed by atoms with E-state index in [1.807, 2.05) is 0 Å². The van der Waals surface area contributed by atoms with E-state index >= 15 is 0 Å². The molecular formula is C59H42N2. The van der Waals surface area contributed by atoms with Gasteiger partial charge in [-0.15, -0.1) is 0 Å². The van der Waals surface area contributed by atoms with Crippen molar-refractivity contribution in [2.75, 3.05) is 4.90 Å². The second-order valence-corrected chi connectivity index (χ2v) is 16.9. The van der Waals surface area contributed by atoms with Gasteiger partial charge in [0, 0.05) is 38.8 Å². The third-order valence-electron chi connectivity index (χ3n) is 13.2. The SMILES string of the molecule is CC1(C)c2ccccc2-c2ccc(N(c3cccc(-n4c5ccccc5c5ccccc54)c3)c3cccc(-c4ccccc4)c3-c3cc4ccccc4c4ccccc34)cc21. The van der Waals surface area contributed by atoms with Crippen molar-refractivity contribution in [3.05, 3.63) is 230 Å². The molecule has 0 N–H and O–H groups in total. The number of anilines is 3. The molecule has 0 fully saturated rings. The lowest BCUT2D eigenvalue weighted by molar-refractivity contribution is 0.660. The van der Waals surface area contributed by atoms with Crippen molar-refractivity contribution in [1.29, 1.82) is 0 Å². The van der Waals surface area contributed by atoms with Crippen LogP contribution in [0.1, 0.15) is 25.0 Å². The predicted molar refractivity (Wildman–Crippen MR) is 259 cm³/mol. The standard InChI is InChI=1S/C59H42N2/c1-59(2)53-30-13-10-26-48(53)49-35-34-43(38-54(49)59)60(41-21-16-22-42(37-41)61-55-31-14-11-27-50(55)51-28-12-15-32-56(51)61)57-33-17-29-45(39-18-4-3-5-19-39)58(57)52-36-40-20-6-7-23-44(40)46-24-8-9-25-47(46)52/h3-38H,1-2H3. The molecule has 0 unspecified atom stereocenters. The fourth-order valence-corrected chi connectivity index (χ4v) is 10.4. The van der Waals surface area contributed by atoms with Crippen molar-refractivity contribution in [2.45, 2.75) is 19.3 Å². The van der Waals surface area contributed by atoms with Crippen molar-refractivity contribution in [3.8, 4) is 39.1 Å². The van der Waals surface area contributed by atoms with Crippen molar-refractivity contribution in [3.63, 3.8) is 0 Å². The molecule has 288 valence electrons. The number of benzene rings is 10. The lowest BCUT2D eigenvalue weighted by Crippen LogP contribution is -2.17. The topological polar surface area (TPSA) is 8.17 Å². The molecule has 61 heavy (non-hydrogen) atoms. The van der Waals surface area contributed by atoms with Crippen LogP contribution < -0.4 is 4.90 Å². The van der Waals surface area contributed by atoms with Gasteiger partial charge in [-0.3, -0.25) is 0 Å². The van der Waals surface area contributed by atoms with Crippen LogP contribution in [0.2, 0.25) is 0 Å². The molecule has 1 heterocycles. The largest absolute Gasteiger partial charge is 0.310 e. The van der Waals surface area contributed by atoms with Crippen molar-refractivity contribution < 1.29 is 0 Å². The Morgan fingerprint density at radius 1 is 0.377 bits per heavy atom. The fourth-order valence-electron chi connectivity index (χ4n) is 10.4. The monoisotopic (exact) mass is 778 g/mol. The van der Waals surface area contributed by atoms with E-state index in [1.165, 1.54) is 87.9 Å². The van der Waals surface area contributed by atoms with Crippen LogP contribution in [-0.4, -0.2) is 4.57 Å². The van der Waals surface area contributed by atoms with E-state index in [-0.39, 0.29) is 5.41 Å². The van der Waals surface area contributed by atoms with Gasteiger partial charge in [0.05, 0.1) is 16.7 Å². The molecule has 2 heteroatoms. The van der Waals surface area contributed by atoms with Gasteiger partial charge in [0.15, 0.2) is 0 Å². The minimum atomic E-state index is -0.165. The number of fused-ring (bicyclic) bond motifs is 9. The summed E-state index contributed by atoms with van der Waals surface area (Å²) < 4.78 is 2.42. The van der Waals surface area contributed by atoms with Gasteiger partial charge in [0.2, 0.25) is 0 Å². The van der Waals surface area contributed by atoms with Gasteiger partial charge < -0.3 is 9.47 Å². The van der Waals surface area contributed by atoms with E-state index in [0.717, 1.165) is 22.7 Å². The van der Waals surface area contributed by atoms with Crippen LogP contribution in [0.15, 0.2) is 218 Å². The van der Waals surface area contributed by atoms with E-state index in [1.54, 1.807) is 0 Å². The van der Waals surface area contributed by atoms with Gasteiger partial charge in [0.1, 0.15) is 0 Å². The Kier molecular flexibility index (Phi) is 7.92. The maximum absolute atomic E-state index is 2.52. The second kappa shape index (κ2) is 13.7. The highest BCUT2D eigenvalue weighted by Gasteiger charge is 2.36. The van der Waals surface area contributed by atoms with Gasteiger partial charge in [-0.05, 0) is 115 Å². The quantitative estimate of drug-likeness (QED) is 0.153. The molecule has 2 nitrogen and oxygen atoms in total. The summed E-state index contributed by atoms with van der Waals surface area (Å²) in [5, 5.41) is 7.47. The Bertz CT molecular complexity index is 3460. The van der Waals surface area contributed by atoms with Crippen LogP contribution in [-0.2, 0) is 5.41 Å². The predicted octanol–water partition coefficient (Wildman–Crippen LogP) is 16.2. The van der Waals surface area contributed by atoms with Crippen molar-refractivity contribution in [1.82, 2.24) is 4.57 Å². The minimum absolute atomic E-state index is 0.165. The molecule has 0 spiro atoms. The number of hydrogen-bond donors (Lipinski definition) is 0. The highest BCUT2D eigenvalue weighted by Crippen LogP contribution is 2.53. The average molecular weight is 779 g/mol. The molecule has 0 saturated heterocycles. The van der Waals surface area contributed by atoms with Crippen molar-refractivity contribution >= 4 is 60.4 Å². The lowest BCUT2D eigenvalue weighted by Gasteiger charge is -2.31. The summed E-state index contributed by atoms with van der Waals surface area (Å²) in [5.41, 5.74) is 16.8. The number of hydrogen-bond acceptors (Lipinski definition) is 1. The first-order valence-electron chi connectivity index (χ1n) is 21.3. The fraction of sp³-hybridized carbons (Fsp3) is 0.0508.